The second kappa shape index (κ2) is 7.04. The summed E-state index contributed by atoms with van der Waals surface area (Å²) in [4.78, 5) is 5.56. The lowest BCUT2D eigenvalue weighted by Crippen LogP contribution is -2.30. The molecular weight excluding hydrogens is 386 g/mol. The Hall–Kier alpha value is -3.03. The number of aliphatic hydroxyl groups excluding tert-OH is 1. The number of nitrogens with zero attached hydrogens (tertiary/aromatic N) is 1. The van der Waals surface area contributed by atoms with E-state index in [2.05, 4.69) is 11.7 Å². The molecule has 2 unspecified atom stereocenters. The van der Waals surface area contributed by atoms with Crippen LogP contribution in [0, 0.1) is 0 Å². The molecule has 7 heteroatoms. The van der Waals surface area contributed by atoms with Crippen LogP contribution in [0.5, 0.6) is 17.2 Å². The van der Waals surface area contributed by atoms with Crippen molar-refractivity contribution in [2.45, 2.75) is 44.9 Å². The summed E-state index contributed by atoms with van der Waals surface area (Å²) >= 11 is 0. The Morgan fingerprint density at radius 1 is 1.33 bits per heavy atom. The number of oxime groups is 1. The molecule has 0 aromatic heterocycles. The highest BCUT2D eigenvalue weighted by Gasteiger charge is 2.43. The molecule has 3 atom stereocenters. The van der Waals surface area contributed by atoms with Crippen molar-refractivity contribution in [2.75, 3.05) is 7.11 Å². The third kappa shape index (κ3) is 2.77. The minimum Gasteiger partial charge on any atom is -0.507 e. The number of rotatable bonds is 4. The summed E-state index contributed by atoms with van der Waals surface area (Å²) in [6, 6.07) is 7.43. The van der Waals surface area contributed by atoms with Gasteiger partial charge in [0.1, 0.15) is 29.1 Å². The topological polar surface area (TPSA) is 89.7 Å². The second-order valence-corrected chi connectivity index (χ2v) is 7.86. The van der Waals surface area contributed by atoms with E-state index < -0.39 is 6.29 Å². The summed E-state index contributed by atoms with van der Waals surface area (Å²) in [5.41, 5.74) is 5.43. The Morgan fingerprint density at radius 3 is 2.90 bits per heavy atom. The van der Waals surface area contributed by atoms with Crippen molar-refractivity contribution < 1.29 is 29.3 Å². The van der Waals surface area contributed by atoms with Crippen LogP contribution >= 0.6 is 0 Å². The highest BCUT2D eigenvalue weighted by Crippen LogP contribution is 2.45. The van der Waals surface area contributed by atoms with Gasteiger partial charge in [0.05, 0.1) is 26.2 Å². The van der Waals surface area contributed by atoms with E-state index in [0.717, 1.165) is 22.3 Å². The normalized spacial score (nSPS) is 23.6. The van der Waals surface area contributed by atoms with Gasteiger partial charge in [0.2, 0.25) is 6.29 Å². The smallest absolute Gasteiger partial charge is 0.239 e. The number of fused-ring (bicyclic) bond motifs is 4. The van der Waals surface area contributed by atoms with Crippen molar-refractivity contribution in [2.24, 2.45) is 5.16 Å². The first-order chi connectivity index (χ1) is 14.5. The summed E-state index contributed by atoms with van der Waals surface area (Å²) in [5.74, 6) is 1.08. The molecule has 5 rings (SSSR count). The first-order valence-electron chi connectivity index (χ1n) is 9.85. The first-order valence-corrected chi connectivity index (χ1v) is 9.85. The lowest BCUT2D eigenvalue weighted by atomic mass is 9.83. The summed E-state index contributed by atoms with van der Waals surface area (Å²) in [6.07, 6.45) is -0.160. The van der Waals surface area contributed by atoms with E-state index >= 15 is 0 Å². The molecule has 0 saturated carbocycles. The van der Waals surface area contributed by atoms with Gasteiger partial charge in [0.15, 0.2) is 0 Å². The second-order valence-electron chi connectivity index (χ2n) is 7.86. The zero-order valence-electron chi connectivity index (χ0n) is 16.8. The fourth-order valence-corrected chi connectivity index (χ4v) is 4.37. The number of phenols is 1. The van der Waals surface area contributed by atoms with Crippen LogP contribution in [0.25, 0.3) is 0 Å². The third-order valence-corrected chi connectivity index (χ3v) is 6.00. The monoisotopic (exact) mass is 409 g/mol. The maximum atomic E-state index is 11.0. The SMILES string of the molecule is C=C(C)[C@H]1Cc2c(ccc(C3=NOC4OCc5cc(CO)c(OC)cc5C34)c2O)O1. The lowest BCUT2D eigenvalue weighted by molar-refractivity contribution is -0.147. The highest BCUT2D eigenvalue weighted by molar-refractivity contribution is 6.08. The van der Waals surface area contributed by atoms with Crippen molar-refractivity contribution in [3.05, 3.63) is 64.2 Å². The molecule has 0 amide bonds. The van der Waals surface area contributed by atoms with Crippen LogP contribution in [0.3, 0.4) is 0 Å². The van der Waals surface area contributed by atoms with E-state index in [1.807, 2.05) is 25.1 Å². The zero-order valence-corrected chi connectivity index (χ0v) is 16.8. The predicted molar refractivity (Wildman–Crippen MR) is 109 cm³/mol. The Morgan fingerprint density at radius 2 is 2.17 bits per heavy atom. The molecule has 3 heterocycles. The van der Waals surface area contributed by atoms with Crippen LogP contribution < -0.4 is 9.47 Å². The third-order valence-electron chi connectivity index (χ3n) is 6.00. The van der Waals surface area contributed by atoms with E-state index in [1.54, 1.807) is 13.2 Å². The maximum Gasteiger partial charge on any atom is 0.239 e. The molecule has 0 bridgehead atoms. The molecular formula is C23H23NO6. The molecule has 0 radical (unpaired) electrons. The number of hydrogen-bond acceptors (Lipinski definition) is 7. The van der Waals surface area contributed by atoms with Crippen LogP contribution in [-0.2, 0) is 29.2 Å². The fraction of sp³-hybridized carbons (Fsp3) is 0.348. The van der Waals surface area contributed by atoms with Crippen molar-refractivity contribution in [1.82, 2.24) is 0 Å². The largest absolute Gasteiger partial charge is 0.507 e. The maximum absolute atomic E-state index is 11.0. The molecule has 0 aliphatic carbocycles. The summed E-state index contributed by atoms with van der Waals surface area (Å²) in [7, 11) is 1.57. The van der Waals surface area contributed by atoms with Gasteiger partial charge in [-0.05, 0) is 47.9 Å². The number of benzene rings is 2. The summed E-state index contributed by atoms with van der Waals surface area (Å²) in [6.45, 7) is 6.10. The first kappa shape index (κ1) is 19.0. The highest BCUT2D eigenvalue weighted by atomic mass is 16.8. The quantitative estimate of drug-likeness (QED) is 0.754. The van der Waals surface area contributed by atoms with Gasteiger partial charge < -0.3 is 29.3 Å². The van der Waals surface area contributed by atoms with Gasteiger partial charge in [-0.25, -0.2) is 0 Å². The van der Waals surface area contributed by atoms with Crippen molar-refractivity contribution >= 4 is 5.71 Å². The van der Waals surface area contributed by atoms with Crippen LogP contribution in [0.2, 0.25) is 0 Å². The molecule has 0 fully saturated rings. The number of hydrogen-bond donors (Lipinski definition) is 2. The standard InChI is InChI=1S/C23H23NO6/c1-11(2)18-8-16-17(29-18)5-4-14(22(16)26)21-20-15-7-19(27-3)12(9-25)6-13(15)10-28-23(20)30-24-21/h4-7,18,20,23,25-26H,1,8-10H2,2-3H3/t18-,20?,23?/m1/s1. The van der Waals surface area contributed by atoms with Crippen LogP contribution in [-0.4, -0.2) is 35.4 Å². The number of methoxy groups -OCH3 is 1. The van der Waals surface area contributed by atoms with Gasteiger partial charge in [-0.15, -0.1) is 0 Å². The van der Waals surface area contributed by atoms with Gasteiger partial charge in [0, 0.05) is 23.1 Å². The van der Waals surface area contributed by atoms with Crippen molar-refractivity contribution in [3.63, 3.8) is 0 Å². The van der Waals surface area contributed by atoms with E-state index in [9.17, 15) is 10.2 Å². The molecule has 0 saturated heterocycles. The molecule has 2 aromatic rings. The molecule has 3 aliphatic rings. The van der Waals surface area contributed by atoms with Crippen molar-refractivity contribution in [1.29, 1.82) is 0 Å². The molecule has 30 heavy (non-hydrogen) atoms. The Labute approximate surface area is 174 Å². The zero-order chi connectivity index (χ0) is 21.0. The average molecular weight is 409 g/mol. The van der Waals surface area contributed by atoms with E-state index in [4.69, 9.17) is 19.0 Å². The molecule has 2 N–H and O–H groups in total. The van der Waals surface area contributed by atoms with Gasteiger partial charge in [-0.1, -0.05) is 11.7 Å². The van der Waals surface area contributed by atoms with Crippen LogP contribution in [0.1, 0.15) is 40.7 Å². The van der Waals surface area contributed by atoms with Crippen molar-refractivity contribution in [3.8, 4) is 17.2 Å². The molecule has 156 valence electrons. The molecule has 7 nitrogen and oxygen atoms in total. The van der Waals surface area contributed by atoms with Gasteiger partial charge >= 0.3 is 0 Å². The Balaban J connectivity index is 1.57. The average Bonchev–Trinajstić information content (AvgIpc) is 3.38. The molecule has 0 spiro atoms. The molecule has 3 aliphatic heterocycles. The Bertz CT molecular complexity index is 1080. The minimum atomic E-state index is -0.579. The van der Waals surface area contributed by atoms with E-state index in [-0.39, 0.29) is 24.4 Å². The van der Waals surface area contributed by atoms with Crippen LogP contribution in [0.4, 0.5) is 0 Å². The fourth-order valence-electron chi connectivity index (χ4n) is 4.37. The van der Waals surface area contributed by atoms with Gasteiger partial charge in [0.25, 0.3) is 0 Å². The summed E-state index contributed by atoms with van der Waals surface area (Å²) in [5, 5.41) is 25.0. The number of aromatic hydroxyl groups is 1. The van der Waals surface area contributed by atoms with E-state index in [1.165, 1.54) is 0 Å². The Kier molecular flexibility index (Phi) is 4.45. The number of phenolic OH excluding ortho intramolecular Hbond substituents is 1. The number of ether oxygens (including phenoxy) is 3. The van der Waals surface area contributed by atoms with Gasteiger partial charge in [-0.3, -0.25) is 0 Å². The van der Waals surface area contributed by atoms with Crippen LogP contribution in [0.15, 0.2) is 41.6 Å². The predicted octanol–water partition coefficient (Wildman–Crippen LogP) is 3.15. The lowest BCUT2D eigenvalue weighted by Gasteiger charge is -2.28. The van der Waals surface area contributed by atoms with Gasteiger partial charge in [-0.2, -0.15) is 0 Å². The summed E-state index contributed by atoms with van der Waals surface area (Å²) < 4.78 is 17.2. The minimum absolute atomic E-state index is 0.127. The van der Waals surface area contributed by atoms with E-state index in [0.29, 0.717) is 41.4 Å². The molecule has 2 aromatic carbocycles. The number of aliphatic hydroxyl groups is 1.